The SMILES string of the molecule is CC/C(=C\C=C/CC(=O)N1CCOCC1)c1cnc2[nH]cc(-c3c(Cl)cccc3OC)c2c1. The molecule has 0 spiro atoms. The summed E-state index contributed by atoms with van der Waals surface area (Å²) in [5, 5.41) is 1.60. The van der Waals surface area contributed by atoms with E-state index in [2.05, 4.69) is 29.0 Å². The molecule has 1 aromatic carbocycles. The van der Waals surface area contributed by atoms with Gasteiger partial charge in [0.1, 0.15) is 11.4 Å². The number of hydrogen-bond acceptors (Lipinski definition) is 4. The van der Waals surface area contributed by atoms with Crippen molar-refractivity contribution >= 4 is 34.1 Å². The van der Waals surface area contributed by atoms with Crippen molar-refractivity contribution < 1.29 is 14.3 Å². The molecule has 7 heteroatoms. The molecule has 2 aromatic heterocycles. The van der Waals surface area contributed by atoms with Crippen molar-refractivity contribution in [1.82, 2.24) is 14.9 Å². The highest BCUT2D eigenvalue weighted by Crippen LogP contribution is 2.40. The minimum atomic E-state index is 0.134. The van der Waals surface area contributed by atoms with Crippen molar-refractivity contribution in [2.45, 2.75) is 19.8 Å². The molecule has 3 aromatic rings. The number of nitrogens with zero attached hydrogens (tertiary/aromatic N) is 2. The maximum Gasteiger partial charge on any atom is 0.226 e. The number of nitrogens with one attached hydrogen (secondary N) is 1. The predicted octanol–water partition coefficient (Wildman–Crippen LogP) is 5.49. The minimum absolute atomic E-state index is 0.134. The van der Waals surface area contributed by atoms with E-state index >= 15 is 0 Å². The zero-order valence-electron chi connectivity index (χ0n) is 18.9. The molecule has 0 atom stereocenters. The summed E-state index contributed by atoms with van der Waals surface area (Å²) in [4.78, 5) is 22.0. The number of fused-ring (bicyclic) bond motifs is 1. The fourth-order valence-corrected chi connectivity index (χ4v) is 4.30. The quantitative estimate of drug-likeness (QED) is 0.468. The molecule has 1 aliphatic heterocycles. The van der Waals surface area contributed by atoms with Crippen LogP contribution >= 0.6 is 11.6 Å². The molecular formula is C26H28ClN3O3. The number of methoxy groups -OCH3 is 1. The van der Waals surface area contributed by atoms with Crippen LogP contribution in [0.5, 0.6) is 5.75 Å². The van der Waals surface area contributed by atoms with E-state index in [0.717, 1.165) is 39.7 Å². The fraction of sp³-hybridized carbons (Fsp3) is 0.308. The van der Waals surface area contributed by atoms with Gasteiger partial charge in [0.15, 0.2) is 0 Å². The van der Waals surface area contributed by atoms with Crippen LogP contribution in [0.4, 0.5) is 0 Å². The van der Waals surface area contributed by atoms with E-state index in [0.29, 0.717) is 43.5 Å². The minimum Gasteiger partial charge on any atom is -0.496 e. The van der Waals surface area contributed by atoms with Gasteiger partial charge >= 0.3 is 0 Å². The van der Waals surface area contributed by atoms with Crippen LogP contribution in [0, 0.1) is 0 Å². The topological polar surface area (TPSA) is 67.5 Å². The van der Waals surface area contributed by atoms with Crippen molar-refractivity contribution in [3.63, 3.8) is 0 Å². The number of carbonyl (C=O) groups excluding carboxylic acids is 1. The van der Waals surface area contributed by atoms with Gasteiger partial charge in [-0.15, -0.1) is 0 Å². The number of carbonyl (C=O) groups is 1. The average Bonchev–Trinajstić information content (AvgIpc) is 3.27. The molecule has 0 bridgehead atoms. The summed E-state index contributed by atoms with van der Waals surface area (Å²) in [6, 6.07) is 7.75. The molecule has 172 valence electrons. The number of hydrogen-bond donors (Lipinski definition) is 1. The maximum absolute atomic E-state index is 12.3. The summed E-state index contributed by atoms with van der Waals surface area (Å²) in [5.41, 5.74) is 4.75. The van der Waals surface area contributed by atoms with Gasteiger partial charge in [0, 0.05) is 48.4 Å². The van der Waals surface area contributed by atoms with Crippen LogP contribution in [-0.2, 0) is 9.53 Å². The molecule has 1 amide bonds. The molecule has 1 aliphatic rings. The van der Waals surface area contributed by atoms with E-state index in [1.165, 1.54) is 0 Å². The van der Waals surface area contributed by atoms with Crippen molar-refractivity contribution in [1.29, 1.82) is 0 Å². The third-order valence-electron chi connectivity index (χ3n) is 5.84. The maximum atomic E-state index is 12.3. The van der Waals surface area contributed by atoms with Gasteiger partial charge in [-0.3, -0.25) is 4.79 Å². The number of rotatable bonds is 7. The fourth-order valence-electron chi connectivity index (χ4n) is 4.03. The summed E-state index contributed by atoms with van der Waals surface area (Å²) >= 11 is 6.52. The second-order valence-corrected chi connectivity index (χ2v) is 8.22. The number of pyridine rings is 1. The molecule has 1 N–H and O–H groups in total. The van der Waals surface area contributed by atoms with Gasteiger partial charge in [0.2, 0.25) is 5.91 Å². The Morgan fingerprint density at radius 2 is 2.15 bits per heavy atom. The van der Waals surface area contributed by atoms with Crippen molar-refractivity contribution in [3.8, 4) is 16.9 Å². The molecular weight excluding hydrogens is 438 g/mol. The monoisotopic (exact) mass is 465 g/mol. The zero-order chi connectivity index (χ0) is 23.2. The van der Waals surface area contributed by atoms with Crippen LogP contribution in [0.3, 0.4) is 0 Å². The second kappa shape index (κ2) is 10.7. The molecule has 0 aliphatic carbocycles. The van der Waals surface area contributed by atoms with Crippen LogP contribution in [0.1, 0.15) is 25.3 Å². The molecule has 6 nitrogen and oxygen atoms in total. The van der Waals surface area contributed by atoms with E-state index in [1.807, 2.05) is 47.6 Å². The Morgan fingerprint density at radius 3 is 2.91 bits per heavy atom. The molecule has 1 saturated heterocycles. The Labute approximate surface area is 198 Å². The number of H-pyrrole nitrogens is 1. The molecule has 33 heavy (non-hydrogen) atoms. The lowest BCUT2D eigenvalue weighted by Crippen LogP contribution is -2.40. The Balaban J connectivity index is 1.58. The van der Waals surface area contributed by atoms with E-state index in [-0.39, 0.29) is 5.91 Å². The number of benzene rings is 1. The molecule has 0 unspecified atom stereocenters. The first kappa shape index (κ1) is 23.1. The molecule has 3 heterocycles. The molecule has 0 saturated carbocycles. The summed E-state index contributed by atoms with van der Waals surface area (Å²) in [7, 11) is 1.64. The van der Waals surface area contributed by atoms with E-state index in [4.69, 9.17) is 21.1 Å². The summed E-state index contributed by atoms with van der Waals surface area (Å²) in [6.45, 7) is 4.68. The summed E-state index contributed by atoms with van der Waals surface area (Å²) in [6.07, 6.45) is 10.9. The Morgan fingerprint density at radius 1 is 1.33 bits per heavy atom. The van der Waals surface area contributed by atoms with Crippen LogP contribution < -0.4 is 4.74 Å². The van der Waals surface area contributed by atoms with Gasteiger partial charge in [0.05, 0.1) is 25.3 Å². The van der Waals surface area contributed by atoms with Gasteiger partial charge in [-0.2, -0.15) is 0 Å². The average molecular weight is 466 g/mol. The predicted molar refractivity (Wildman–Crippen MR) is 133 cm³/mol. The molecule has 0 radical (unpaired) electrons. The Kier molecular flexibility index (Phi) is 7.47. The lowest BCUT2D eigenvalue weighted by molar-refractivity contribution is -0.134. The van der Waals surface area contributed by atoms with E-state index in [1.54, 1.807) is 7.11 Å². The van der Waals surface area contributed by atoms with Crippen LogP contribution in [0.15, 0.2) is 54.9 Å². The Bertz CT molecular complexity index is 1190. The molecule has 4 rings (SSSR count). The first-order chi connectivity index (χ1) is 16.1. The highest BCUT2D eigenvalue weighted by atomic mass is 35.5. The van der Waals surface area contributed by atoms with Gasteiger partial charge in [-0.25, -0.2) is 4.98 Å². The van der Waals surface area contributed by atoms with Gasteiger partial charge in [0.25, 0.3) is 0 Å². The zero-order valence-corrected chi connectivity index (χ0v) is 19.7. The summed E-state index contributed by atoms with van der Waals surface area (Å²) < 4.78 is 10.9. The number of allylic oxidation sites excluding steroid dienone is 3. The van der Waals surface area contributed by atoms with E-state index < -0.39 is 0 Å². The van der Waals surface area contributed by atoms with Crippen LogP contribution in [0.25, 0.3) is 27.7 Å². The number of amides is 1. The van der Waals surface area contributed by atoms with Crippen molar-refractivity contribution in [3.05, 3.63) is 65.5 Å². The number of ether oxygens (including phenoxy) is 2. The number of halogens is 1. The Hall–Kier alpha value is -3.09. The first-order valence-electron chi connectivity index (χ1n) is 11.1. The second-order valence-electron chi connectivity index (χ2n) is 7.81. The van der Waals surface area contributed by atoms with Crippen molar-refractivity contribution in [2.24, 2.45) is 0 Å². The highest BCUT2D eigenvalue weighted by molar-refractivity contribution is 6.34. The largest absolute Gasteiger partial charge is 0.496 e. The lowest BCUT2D eigenvalue weighted by atomic mass is 10.00. The van der Waals surface area contributed by atoms with Gasteiger partial charge in [-0.1, -0.05) is 42.8 Å². The van der Waals surface area contributed by atoms with E-state index in [9.17, 15) is 4.79 Å². The lowest BCUT2D eigenvalue weighted by Gasteiger charge is -2.26. The number of aromatic nitrogens is 2. The van der Waals surface area contributed by atoms with Crippen LogP contribution in [-0.4, -0.2) is 54.2 Å². The highest BCUT2D eigenvalue weighted by Gasteiger charge is 2.17. The molecule has 1 fully saturated rings. The third-order valence-corrected chi connectivity index (χ3v) is 6.15. The normalized spacial score (nSPS) is 14.9. The van der Waals surface area contributed by atoms with Gasteiger partial charge in [-0.05, 0) is 35.8 Å². The summed E-state index contributed by atoms with van der Waals surface area (Å²) in [5.74, 6) is 0.850. The number of aromatic amines is 1. The third kappa shape index (κ3) is 5.13. The first-order valence-corrected chi connectivity index (χ1v) is 11.5. The van der Waals surface area contributed by atoms with Crippen LogP contribution in [0.2, 0.25) is 5.02 Å². The van der Waals surface area contributed by atoms with Crippen molar-refractivity contribution in [2.75, 3.05) is 33.4 Å². The van der Waals surface area contributed by atoms with Gasteiger partial charge < -0.3 is 19.4 Å². The smallest absolute Gasteiger partial charge is 0.226 e. The standard InChI is InChI=1S/C26H28ClN3O3/c1-3-18(7-4-5-10-24(31)30-11-13-33-14-12-30)19-15-20-21(17-29-26(20)28-16-19)25-22(27)8-6-9-23(25)32-2/h4-9,15-17H,3,10-14H2,1-2H3,(H,28,29)/b5-4-,18-7+. The number of morpholine rings is 1.